The molecule has 2 aliphatic rings. The lowest BCUT2D eigenvalue weighted by atomic mass is 9.80. The average molecular weight is 589 g/mol. The van der Waals surface area contributed by atoms with E-state index in [1.54, 1.807) is 9.47 Å². The summed E-state index contributed by atoms with van der Waals surface area (Å²) in [4.78, 5) is 28.2. The van der Waals surface area contributed by atoms with Crippen LogP contribution in [0.1, 0.15) is 43.0 Å². The van der Waals surface area contributed by atoms with Crippen molar-refractivity contribution >= 4 is 22.7 Å². The molecular formula is C31H44N2O9. The largest absolute Gasteiger partial charge is 0.459 e. The minimum atomic E-state index is -0.708. The lowest BCUT2D eigenvalue weighted by molar-refractivity contribution is -0.170. The second-order valence-electron chi connectivity index (χ2n) is 10.3. The number of allylic oxidation sites excluding steroid dienone is 1. The first kappa shape index (κ1) is 32.1. The first-order chi connectivity index (χ1) is 20.5. The number of carbonyl (C=O) groups is 2. The Balaban J connectivity index is 1.66. The number of rotatable bonds is 7. The number of amides is 1. The number of ether oxygens (including phenoxy) is 6. The van der Waals surface area contributed by atoms with Crippen molar-refractivity contribution in [2.75, 3.05) is 79.2 Å². The molecule has 3 atom stereocenters. The molecule has 0 spiro atoms. The predicted molar refractivity (Wildman–Crippen MR) is 155 cm³/mol. The summed E-state index contributed by atoms with van der Waals surface area (Å²) in [5.41, 5.74) is 1.71. The number of aliphatic hydroxyl groups is 1. The van der Waals surface area contributed by atoms with E-state index in [2.05, 4.69) is 0 Å². The van der Waals surface area contributed by atoms with Crippen LogP contribution in [0.2, 0.25) is 0 Å². The molecule has 42 heavy (non-hydrogen) atoms. The van der Waals surface area contributed by atoms with Gasteiger partial charge < -0.3 is 38.4 Å². The van der Waals surface area contributed by atoms with E-state index in [1.165, 1.54) is 6.92 Å². The molecule has 11 heteroatoms. The van der Waals surface area contributed by atoms with Crippen molar-refractivity contribution in [3.05, 3.63) is 47.9 Å². The molecule has 1 amide bonds. The van der Waals surface area contributed by atoms with Crippen LogP contribution >= 0.6 is 0 Å². The molecule has 0 unspecified atom stereocenters. The molecule has 2 aliphatic heterocycles. The average Bonchev–Trinajstić information content (AvgIpc) is 3.38. The van der Waals surface area contributed by atoms with Crippen LogP contribution in [0.5, 0.6) is 0 Å². The predicted octanol–water partition coefficient (Wildman–Crippen LogP) is 2.96. The summed E-state index contributed by atoms with van der Waals surface area (Å²) < 4.78 is 36.4. The van der Waals surface area contributed by atoms with E-state index in [1.807, 2.05) is 43.5 Å². The third kappa shape index (κ3) is 8.40. The molecule has 11 nitrogen and oxygen atoms in total. The highest BCUT2D eigenvalue weighted by Crippen LogP contribution is 2.42. The van der Waals surface area contributed by atoms with Crippen LogP contribution in [0.4, 0.5) is 0 Å². The van der Waals surface area contributed by atoms with E-state index in [0.29, 0.717) is 85.4 Å². The van der Waals surface area contributed by atoms with Crippen molar-refractivity contribution < 1.29 is 43.1 Å². The van der Waals surface area contributed by atoms with E-state index < -0.39 is 6.29 Å². The summed E-state index contributed by atoms with van der Waals surface area (Å²) in [6, 6.07) is 7.74. The van der Waals surface area contributed by atoms with Crippen molar-refractivity contribution in [3.63, 3.8) is 0 Å². The van der Waals surface area contributed by atoms with Crippen LogP contribution in [0, 0.1) is 5.92 Å². The first-order valence-corrected chi connectivity index (χ1v) is 14.9. The summed E-state index contributed by atoms with van der Waals surface area (Å²) in [6.45, 7) is 7.90. The molecule has 0 aliphatic carbocycles. The monoisotopic (exact) mass is 588 g/mol. The Kier molecular flexibility index (Phi) is 12.8. The highest BCUT2D eigenvalue weighted by Gasteiger charge is 2.40. The minimum absolute atomic E-state index is 0.0244. The van der Waals surface area contributed by atoms with E-state index in [9.17, 15) is 14.7 Å². The summed E-state index contributed by atoms with van der Waals surface area (Å²) in [5, 5.41) is 10.6. The van der Waals surface area contributed by atoms with Crippen LogP contribution in [0.3, 0.4) is 0 Å². The van der Waals surface area contributed by atoms with E-state index in [-0.39, 0.29) is 36.0 Å². The second-order valence-corrected chi connectivity index (χ2v) is 10.3. The van der Waals surface area contributed by atoms with Crippen molar-refractivity contribution in [3.8, 4) is 0 Å². The Bertz CT molecular complexity index is 1160. The van der Waals surface area contributed by atoms with Gasteiger partial charge in [0.05, 0.1) is 58.4 Å². The van der Waals surface area contributed by atoms with Gasteiger partial charge in [-0.2, -0.15) is 0 Å². The maximum Gasteiger partial charge on any atom is 0.288 e. The number of fused-ring (bicyclic) bond motifs is 1. The number of para-hydroxylation sites is 1. The number of hydrogen-bond acceptors (Lipinski definition) is 9. The maximum atomic E-state index is 14.0. The lowest BCUT2D eigenvalue weighted by Crippen LogP contribution is -2.42. The van der Waals surface area contributed by atoms with Crippen molar-refractivity contribution in [1.29, 1.82) is 0 Å². The molecule has 0 radical (unpaired) electrons. The van der Waals surface area contributed by atoms with Gasteiger partial charge in [-0.1, -0.05) is 18.2 Å². The first-order valence-electron chi connectivity index (χ1n) is 14.9. The fraction of sp³-hybridized carbons (Fsp3) is 0.613. The van der Waals surface area contributed by atoms with Gasteiger partial charge in [-0.3, -0.25) is 14.2 Å². The molecule has 1 fully saturated rings. The van der Waals surface area contributed by atoms with E-state index in [4.69, 9.17) is 28.4 Å². The zero-order valence-corrected chi connectivity index (χ0v) is 24.7. The zero-order chi connectivity index (χ0) is 29.7. The van der Waals surface area contributed by atoms with Crippen molar-refractivity contribution in [2.45, 2.75) is 38.9 Å². The summed E-state index contributed by atoms with van der Waals surface area (Å²) in [7, 11) is 0. The van der Waals surface area contributed by atoms with Gasteiger partial charge in [-0.05, 0) is 37.5 Å². The molecule has 1 aromatic carbocycles. The van der Waals surface area contributed by atoms with E-state index in [0.717, 1.165) is 16.5 Å². The molecule has 232 valence electrons. The molecule has 1 saturated heterocycles. The van der Waals surface area contributed by atoms with Crippen molar-refractivity contribution in [2.24, 2.45) is 5.92 Å². The molecule has 0 saturated carbocycles. The van der Waals surface area contributed by atoms with E-state index >= 15 is 0 Å². The topological polar surface area (TPSA) is 118 Å². The zero-order valence-electron chi connectivity index (χ0n) is 24.7. The number of carbonyl (C=O) groups excluding carboxylic acids is 2. The third-order valence-corrected chi connectivity index (χ3v) is 7.48. The summed E-state index contributed by atoms with van der Waals surface area (Å²) in [6.07, 6.45) is 4.15. The number of nitrogens with zero attached hydrogens (tertiary/aromatic N) is 2. The summed E-state index contributed by atoms with van der Waals surface area (Å²) in [5.74, 6) is -0.686. The Hall–Kier alpha value is -2.80. The van der Waals surface area contributed by atoms with Crippen LogP contribution in [-0.4, -0.2) is 112 Å². The lowest BCUT2D eigenvalue weighted by Gasteiger charge is -2.38. The Morgan fingerprint density at radius 3 is 2.17 bits per heavy atom. The van der Waals surface area contributed by atoms with Crippen molar-refractivity contribution in [1.82, 2.24) is 9.47 Å². The number of aliphatic hydroxyl groups excluding tert-OH is 1. The fourth-order valence-electron chi connectivity index (χ4n) is 5.43. The van der Waals surface area contributed by atoms with Gasteiger partial charge in [0, 0.05) is 56.6 Å². The van der Waals surface area contributed by atoms with Gasteiger partial charge >= 0.3 is 0 Å². The molecule has 2 aromatic rings. The fourth-order valence-corrected chi connectivity index (χ4v) is 5.43. The molecule has 1 aromatic heterocycles. The highest BCUT2D eigenvalue weighted by atomic mass is 16.7. The minimum Gasteiger partial charge on any atom is -0.459 e. The summed E-state index contributed by atoms with van der Waals surface area (Å²) >= 11 is 0. The Morgan fingerprint density at radius 1 is 0.952 bits per heavy atom. The SMILES string of the molecule is CCO[C@H]1OC(C(=O)N2CCOCCOCCOCCOCC2)=C[C@@H](c2cn(C(C)=O)c3ccccc23)[C@H]1CCCO. The van der Waals surface area contributed by atoms with Gasteiger partial charge in [0.2, 0.25) is 12.2 Å². The second kappa shape index (κ2) is 16.7. The van der Waals surface area contributed by atoms with Gasteiger partial charge in [0.1, 0.15) is 0 Å². The van der Waals surface area contributed by atoms with Crippen LogP contribution in [-0.2, 0) is 33.2 Å². The third-order valence-electron chi connectivity index (χ3n) is 7.48. The number of hydrogen-bond donors (Lipinski definition) is 1. The normalized spacial score (nSPS) is 23.5. The highest BCUT2D eigenvalue weighted by molar-refractivity contribution is 5.95. The van der Waals surface area contributed by atoms with Gasteiger partial charge in [0.15, 0.2) is 5.76 Å². The van der Waals surface area contributed by atoms with Gasteiger partial charge in [-0.25, -0.2) is 0 Å². The Morgan fingerprint density at radius 2 is 1.57 bits per heavy atom. The molecule has 3 heterocycles. The maximum absolute atomic E-state index is 14.0. The number of aromatic nitrogens is 1. The smallest absolute Gasteiger partial charge is 0.288 e. The van der Waals surface area contributed by atoms with Crippen LogP contribution < -0.4 is 0 Å². The molecular weight excluding hydrogens is 544 g/mol. The molecule has 1 N–H and O–H groups in total. The standard InChI is InChI=1S/C31H44N2O9/c1-3-41-31-25(8-6-12-34)26(27-22-33(23(2)35)28-9-5-4-7-24(27)28)21-29(42-31)30(36)32-10-13-37-15-17-39-19-20-40-18-16-38-14-11-32/h4-5,7,9,21-22,25-26,31,34H,3,6,8,10-20H2,1-2H3/t25-,26-,31+/m1/s1. The van der Waals surface area contributed by atoms with Gasteiger partial charge in [-0.15, -0.1) is 0 Å². The quantitative estimate of drug-likeness (QED) is 0.521. The van der Waals surface area contributed by atoms with Crippen LogP contribution in [0.15, 0.2) is 42.3 Å². The number of benzene rings is 1. The van der Waals surface area contributed by atoms with Gasteiger partial charge in [0.25, 0.3) is 5.91 Å². The Labute approximate surface area is 247 Å². The van der Waals surface area contributed by atoms with Crippen LogP contribution in [0.25, 0.3) is 10.9 Å². The molecule has 4 rings (SSSR count). The molecule has 0 bridgehead atoms.